The van der Waals surface area contributed by atoms with E-state index in [0.717, 1.165) is 0 Å². The summed E-state index contributed by atoms with van der Waals surface area (Å²) in [4.78, 5) is 11.3. The van der Waals surface area contributed by atoms with Crippen LogP contribution >= 0.6 is 0 Å². The molecule has 1 saturated heterocycles. The molecule has 1 aliphatic rings. The van der Waals surface area contributed by atoms with Crippen molar-refractivity contribution in [2.75, 3.05) is 26.9 Å². The van der Waals surface area contributed by atoms with E-state index in [1.807, 2.05) is 0 Å². The zero-order valence-electron chi connectivity index (χ0n) is 7.39. The average Bonchev–Trinajstić information content (AvgIpc) is 2.46. The van der Waals surface area contributed by atoms with E-state index < -0.39 is 12.1 Å². The minimum Gasteiger partial charge on any atom is -0.469 e. The van der Waals surface area contributed by atoms with Crippen LogP contribution in [0.5, 0.6) is 0 Å². The van der Waals surface area contributed by atoms with Crippen molar-refractivity contribution in [3.8, 4) is 0 Å². The topological polar surface area (TPSA) is 38.3 Å². The fourth-order valence-corrected chi connectivity index (χ4v) is 1.57. The number of ether oxygens (including phenoxy) is 1. The Kier molecular flexibility index (Phi) is 2.67. The Hall–Kier alpha value is -0.640. The summed E-state index contributed by atoms with van der Waals surface area (Å²) in [5.74, 6) is -0.569. The van der Waals surface area contributed by atoms with Crippen LogP contribution < -0.4 is 5.32 Å². The van der Waals surface area contributed by atoms with Gasteiger partial charge >= 0.3 is 5.97 Å². The minimum atomic E-state index is -0.677. The van der Waals surface area contributed by atoms with E-state index in [0.29, 0.717) is 13.1 Å². The third-order valence-electron chi connectivity index (χ3n) is 2.62. The van der Waals surface area contributed by atoms with Crippen molar-refractivity contribution in [2.45, 2.75) is 6.92 Å². The minimum absolute atomic E-state index is 0.245. The van der Waals surface area contributed by atoms with Gasteiger partial charge in [-0.1, -0.05) is 0 Å². The first-order valence-corrected chi connectivity index (χ1v) is 4.00. The van der Waals surface area contributed by atoms with E-state index >= 15 is 0 Å². The van der Waals surface area contributed by atoms with Crippen LogP contribution in [0.15, 0.2) is 0 Å². The van der Waals surface area contributed by atoms with Crippen molar-refractivity contribution < 1.29 is 13.9 Å². The first kappa shape index (κ1) is 9.45. The molecule has 1 N–H and O–H groups in total. The Labute approximate surface area is 71.3 Å². The number of carbonyl (C=O) groups is 1. The molecule has 12 heavy (non-hydrogen) atoms. The molecule has 2 atom stereocenters. The highest BCUT2D eigenvalue weighted by Crippen LogP contribution is 2.32. The lowest BCUT2D eigenvalue weighted by atomic mass is 9.81. The maximum absolute atomic E-state index is 12.4. The van der Waals surface area contributed by atoms with Crippen LogP contribution in [-0.2, 0) is 9.53 Å². The summed E-state index contributed by atoms with van der Waals surface area (Å²) in [6.07, 6.45) is 0. The number of methoxy groups -OCH3 is 1. The van der Waals surface area contributed by atoms with Gasteiger partial charge in [-0.25, -0.2) is 0 Å². The third-order valence-corrected chi connectivity index (χ3v) is 2.62. The van der Waals surface area contributed by atoms with Crippen molar-refractivity contribution in [2.24, 2.45) is 11.3 Å². The molecule has 1 heterocycles. The number of halogens is 1. The fourth-order valence-electron chi connectivity index (χ4n) is 1.57. The van der Waals surface area contributed by atoms with Crippen LogP contribution in [0.3, 0.4) is 0 Å². The summed E-state index contributed by atoms with van der Waals surface area (Å²) in [5, 5.41) is 2.99. The Morgan fingerprint density at radius 1 is 1.83 bits per heavy atom. The van der Waals surface area contributed by atoms with Crippen LogP contribution in [0.2, 0.25) is 0 Å². The van der Waals surface area contributed by atoms with Crippen molar-refractivity contribution in [3.05, 3.63) is 0 Å². The standard InChI is InChI=1S/C8H14FNO2/c1-8(7(11)12-2)5-10-4-6(8)3-9/h6,10H,3-5H2,1-2H3. The number of hydrogen-bond donors (Lipinski definition) is 1. The van der Waals surface area contributed by atoms with Gasteiger partial charge in [-0.05, 0) is 6.92 Å². The van der Waals surface area contributed by atoms with Crippen molar-refractivity contribution in [3.63, 3.8) is 0 Å². The predicted octanol–water partition coefficient (Wildman–Crippen LogP) is 0.355. The van der Waals surface area contributed by atoms with Gasteiger partial charge in [-0.2, -0.15) is 0 Å². The van der Waals surface area contributed by atoms with Gasteiger partial charge in [0, 0.05) is 19.0 Å². The summed E-state index contributed by atoms with van der Waals surface area (Å²) in [6.45, 7) is 2.33. The first-order valence-electron chi connectivity index (χ1n) is 4.00. The Morgan fingerprint density at radius 2 is 2.50 bits per heavy atom. The molecule has 0 amide bonds. The van der Waals surface area contributed by atoms with Crippen LogP contribution in [0.4, 0.5) is 4.39 Å². The van der Waals surface area contributed by atoms with E-state index in [1.165, 1.54) is 7.11 Å². The third kappa shape index (κ3) is 1.31. The molecule has 4 heteroatoms. The molecular weight excluding hydrogens is 161 g/mol. The molecule has 0 radical (unpaired) electrons. The van der Waals surface area contributed by atoms with Crippen LogP contribution in [-0.4, -0.2) is 32.8 Å². The van der Waals surface area contributed by atoms with Crippen LogP contribution in [0.25, 0.3) is 0 Å². The number of nitrogens with one attached hydrogen (secondary N) is 1. The van der Waals surface area contributed by atoms with Gasteiger partial charge in [0.25, 0.3) is 0 Å². The van der Waals surface area contributed by atoms with E-state index in [-0.39, 0.29) is 11.9 Å². The molecule has 0 saturated carbocycles. The maximum atomic E-state index is 12.4. The number of esters is 1. The monoisotopic (exact) mass is 175 g/mol. The highest BCUT2D eigenvalue weighted by atomic mass is 19.1. The molecule has 0 bridgehead atoms. The van der Waals surface area contributed by atoms with E-state index in [9.17, 15) is 9.18 Å². The average molecular weight is 175 g/mol. The highest BCUT2D eigenvalue weighted by Gasteiger charge is 2.45. The number of carbonyl (C=O) groups excluding carboxylic acids is 1. The van der Waals surface area contributed by atoms with E-state index in [4.69, 9.17) is 0 Å². The summed E-state index contributed by atoms with van der Waals surface area (Å²) in [7, 11) is 1.33. The fraction of sp³-hybridized carbons (Fsp3) is 0.875. The second-order valence-corrected chi connectivity index (χ2v) is 3.39. The molecule has 2 unspecified atom stereocenters. The van der Waals surface area contributed by atoms with Crippen LogP contribution in [0.1, 0.15) is 6.92 Å². The lowest BCUT2D eigenvalue weighted by Gasteiger charge is -2.24. The molecule has 0 aliphatic carbocycles. The maximum Gasteiger partial charge on any atom is 0.313 e. The Bertz CT molecular complexity index is 186. The summed E-state index contributed by atoms with van der Waals surface area (Å²) in [6, 6.07) is 0. The smallest absolute Gasteiger partial charge is 0.313 e. The zero-order valence-corrected chi connectivity index (χ0v) is 7.39. The quantitative estimate of drug-likeness (QED) is 0.616. The Balaban J connectivity index is 2.74. The summed E-state index contributed by atoms with van der Waals surface area (Å²) in [5.41, 5.74) is -0.677. The normalized spacial score (nSPS) is 35.1. The van der Waals surface area contributed by atoms with Gasteiger partial charge < -0.3 is 10.1 Å². The SMILES string of the molecule is COC(=O)C1(C)CNCC1CF. The highest BCUT2D eigenvalue weighted by molar-refractivity contribution is 5.77. The lowest BCUT2D eigenvalue weighted by molar-refractivity contribution is -0.153. The van der Waals surface area contributed by atoms with Gasteiger partial charge in [0.15, 0.2) is 0 Å². The molecule has 0 aromatic rings. The lowest BCUT2D eigenvalue weighted by Crippen LogP contribution is -2.37. The number of alkyl halides is 1. The molecule has 0 spiro atoms. The molecule has 1 aliphatic heterocycles. The molecule has 1 rings (SSSR count). The second kappa shape index (κ2) is 3.39. The van der Waals surface area contributed by atoms with Gasteiger partial charge in [-0.15, -0.1) is 0 Å². The van der Waals surface area contributed by atoms with E-state index in [2.05, 4.69) is 10.1 Å². The Morgan fingerprint density at radius 3 is 3.00 bits per heavy atom. The van der Waals surface area contributed by atoms with Gasteiger partial charge in [0.05, 0.1) is 19.2 Å². The van der Waals surface area contributed by atoms with Crippen LogP contribution in [0, 0.1) is 11.3 Å². The second-order valence-electron chi connectivity index (χ2n) is 3.39. The summed E-state index contributed by atoms with van der Waals surface area (Å²) < 4.78 is 17.1. The number of rotatable bonds is 2. The van der Waals surface area contributed by atoms with Crippen molar-refractivity contribution >= 4 is 5.97 Å². The molecule has 0 aromatic heterocycles. The van der Waals surface area contributed by atoms with Gasteiger partial charge in [-0.3, -0.25) is 9.18 Å². The molecular formula is C8H14FNO2. The number of hydrogen-bond acceptors (Lipinski definition) is 3. The van der Waals surface area contributed by atoms with Gasteiger partial charge in [0.1, 0.15) is 0 Å². The predicted molar refractivity (Wildman–Crippen MR) is 42.5 cm³/mol. The molecule has 3 nitrogen and oxygen atoms in total. The van der Waals surface area contributed by atoms with E-state index in [1.54, 1.807) is 6.92 Å². The molecule has 70 valence electrons. The first-order chi connectivity index (χ1) is 5.65. The largest absolute Gasteiger partial charge is 0.469 e. The van der Waals surface area contributed by atoms with Crippen molar-refractivity contribution in [1.82, 2.24) is 5.32 Å². The summed E-state index contributed by atoms with van der Waals surface area (Å²) >= 11 is 0. The molecule has 0 aromatic carbocycles. The van der Waals surface area contributed by atoms with Crippen molar-refractivity contribution in [1.29, 1.82) is 0 Å². The zero-order chi connectivity index (χ0) is 9.19. The van der Waals surface area contributed by atoms with Gasteiger partial charge in [0.2, 0.25) is 0 Å². The molecule has 1 fully saturated rings.